The summed E-state index contributed by atoms with van der Waals surface area (Å²) in [7, 11) is 1.76. The number of methoxy groups -OCH3 is 1. The van der Waals surface area contributed by atoms with Gasteiger partial charge in [0, 0.05) is 41.8 Å². The lowest BCUT2D eigenvalue weighted by atomic mass is 10.1. The molecule has 0 spiro atoms. The average Bonchev–Trinajstić information content (AvgIpc) is 2.86. The van der Waals surface area contributed by atoms with Gasteiger partial charge in [-0.3, -0.25) is 9.80 Å². The van der Waals surface area contributed by atoms with E-state index in [4.69, 9.17) is 4.74 Å². The number of rotatable bonds is 3. The van der Waals surface area contributed by atoms with Crippen molar-refractivity contribution < 1.29 is 4.74 Å². The van der Waals surface area contributed by atoms with Crippen LogP contribution in [0.1, 0.15) is 25.3 Å². The van der Waals surface area contributed by atoms with Crippen LogP contribution in [0.4, 0.5) is 0 Å². The SMILES string of the molecule is COc1ccc(Br)cc1CN1CC2CCCN2CC1C. The van der Waals surface area contributed by atoms with Gasteiger partial charge in [0.15, 0.2) is 0 Å². The zero-order valence-corrected chi connectivity index (χ0v) is 13.9. The molecule has 2 aliphatic rings. The highest BCUT2D eigenvalue weighted by molar-refractivity contribution is 9.10. The van der Waals surface area contributed by atoms with Gasteiger partial charge >= 0.3 is 0 Å². The van der Waals surface area contributed by atoms with Crippen molar-refractivity contribution in [2.24, 2.45) is 0 Å². The van der Waals surface area contributed by atoms with Gasteiger partial charge in [0.2, 0.25) is 0 Å². The van der Waals surface area contributed by atoms with Crippen molar-refractivity contribution in [3.63, 3.8) is 0 Å². The van der Waals surface area contributed by atoms with Crippen molar-refractivity contribution in [3.05, 3.63) is 28.2 Å². The molecule has 0 aliphatic carbocycles. The predicted octanol–water partition coefficient (Wildman–Crippen LogP) is 3.13. The number of fused-ring (bicyclic) bond motifs is 1. The first-order valence-corrected chi connectivity index (χ1v) is 8.27. The van der Waals surface area contributed by atoms with Gasteiger partial charge in [0.1, 0.15) is 5.75 Å². The maximum absolute atomic E-state index is 5.51. The molecule has 110 valence electrons. The van der Waals surface area contributed by atoms with Crippen LogP contribution in [0.25, 0.3) is 0 Å². The van der Waals surface area contributed by atoms with E-state index in [1.165, 1.54) is 38.0 Å². The lowest BCUT2D eigenvalue weighted by molar-refractivity contribution is 0.0535. The molecule has 3 nitrogen and oxygen atoms in total. The van der Waals surface area contributed by atoms with Crippen LogP contribution in [-0.4, -0.2) is 48.6 Å². The molecule has 4 heteroatoms. The molecule has 2 aliphatic heterocycles. The van der Waals surface area contributed by atoms with Crippen molar-refractivity contribution in [1.82, 2.24) is 9.80 Å². The van der Waals surface area contributed by atoms with E-state index in [0.717, 1.165) is 22.8 Å². The third-order valence-corrected chi connectivity index (χ3v) is 5.18. The van der Waals surface area contributed by atoms with Crippen LogP contribution in [0.3, 0.4) is 0 Å². The minimum absolute atomic E-state index is 0.619. The molecule has 3 rings (SSSR count). The summed E-state index contributed by atoms with van der Waals surface area (Å²) < 4.78 is 6.63. The highest BCUT2D eigenvalue weighted by Gasteiger charge is 2.34. The van der Waals surface area contributed by atoms with Crippen LogP contribution in [0.15, 0.2) is 22.7 Å². The van der Waals surface area contributed by atoms with Crippen molar-refractivity contribution in [3.8, 4) is 5.75 Å². The second-order valence-corrected chi connectivity index (χ2v) is 6.94. The minimum Gasteiger partial charge on any atom is -0.496 e. The predicted molar refractivity (Wildman–Crippen MR) is 85.2 cm³/mol. The molecule has 0 N–H and O–H groups in total. The molecule has 2 saturated heterocycles. The molecular formula is C16H23BrN2O. The zero-order valence-electron chi connectivity index (χ0n) is 12.3. The molecule has 1 aromatic rings. The van der Waals surface area contributed by atoms with Gasteiger partial charge in [-0.05, 0) is 44.5 Å². The Morgan fingerprint density at radius 1 is 1.35 bits per heavy atom. The Hall–Kier alpha value is -0.580. The van der Waals surface area contributed by atoms with E-state index >= 15 is 0 Å². The fraction of sp³-hybridized carbons (Fsp3) is 0.625. The largest absolute Gasteiger partial charge is 0.496 e. The molecule has 2 atom stereocenters. The molecule has 20 heavy (non-hydrogen) atoms. The Bertz CT molecular complexity index is 480. The number of hydrogen-bond donors (Lipinski definition) is 0. The van der Waals surface area contributed by atoms with E-state index in [-0.39, 0.29) is 0 Å². The first kappa shape index (κ1) is 14.4. The van der Waals surface area contributed by atoms with Crippen LogP contribution < -0.4 is 4.74 Å². The van der Waals surface area contributed by atoms with E-state index in [9.17, 15) is 0 Å². The lowest BCUT2D eigenvalue weighted by Crippen LogP contribution is -2.54. The summed E-state index contributed by atoms with van der Waals surface area (Å²) in [5.41, 5.74) is 1.28. The van der Waals surface area contributed by atoms with Crippen LogP contribution in [-0.2, 0) is 6.54 Å². The quantitative estimate of drug-likeness (QED) is 0.842. The van der Waals surface area contributed by atoms with E-state index in [1.54, 1.807) is 7.11 Å². The average molecular weight is 339 g/mol. The number of halogens is 1. The fourth-order valence-corrected chi connectivity index (χ4v) is 3.97. The summed E-state index contributed by atoms with van der Waals surface area (Å²) in [4.78, 5) is 5.27. The molecule has 0 saturated carbocycles. The Balaban J connectivity index is 1.75. The zero-order chi connectivity index (χ0) is 14.1. The van der Waals surface area contributed by atoms with Gasteiger partial charge in [0.25, 0.3) is 0 Å². The Labute approximate surface area is 130 Å². The molecule has 1 aromatic carbocycles. The number of nitrogens with zero attached hydrogens (tertiary/aromatic N) is 2. The topological polar surface area (TPSA) is 15.7 Å². The molecule has 0 radical (unpaired) electrons. The Morgan fingerprint density at radius 2 is 2.20 bits per heavy atom. The third-order valence-electron chi connectivity index (χ3n) is 4.68. The summed E-state index contributed by atoms with van der Waals surface area (Å²) in [5, 5.41) is 0. The van der Waals surface area contributed by atoms with Gasteiger partial charge in [-0.2, -0.15) is 0 Å². The first-order chi connectivity index (χ1) is 9.67. The summed E-state index contributed by atoms with van der Waals surface area (Å²) in [6, 6.07) is 7.67. The lowest BCUT2D eigenvalue weighted by Gasteiger charge is -2.42. The number of ether oxygens (including phenoxy) is 1. The molecule has 0 bridgehead atoms. The van der Waals surface area contributed by atoms with Gasteiger partial charge < -0.3 is 4.74 Å². The van der Waals surface area contributed by atoms with Crippen LogP contribution in [0.2, 0.25) is 0 Å². The van der Waals surface area contributed by atoms with E-state index in [1.807, 2.05) is 6.07 Å². The fourth-order valence-electron chi connectivity index (χ4n) is 3.56. The normalized spacial score (nSPS) is 27.6. The molecule has 2 heterocycles. The Kier molecular flexibility index (Phi) is 4.34. The maximum atomic E-state index is 5.51. The van der Waals surface area contributed by atoms with Crippen molar-refractivity contribution >= 4 is 15.9 Å². The summed E-state index contributed by atoms with van der Waals surface area (Å²) >= 11 is 3.57. The van der Waals surface area contributed by atoms with Crippen molar-refractivity contribution in [2.45, 2.75) is 38.4 Å². The van der Waals surface area contributed by atoms with Gasteiger partial charge in [-0.1, -0.05) is 15.9 Å². The summed E-state index contributed by atoms with van der Waals surface area (Å²) in [6.45, 7) is 7.02. The van der Waals surface area contributed by atoms with Crippen LogP contribution in [0, 0.1) is 0 Å². The maximum Gasteiger partial charge on any atom is 0.123 e. The number of benzene rings is 1. The second-order valence-electron chi connectivity index (χ2n) is 6.03. The first-order valence-electron chi connectivity index (χ1n) is 7.48. The van der Waals surface area contributed by atoms with Crippen LogP contribution in [0.5, 0.6) is 5.75 Å². The molecule has 0 aromatic heterocycles. The Morgan fingerprint density at radius 3 is 3.00 bits per heavy atom. The molecule has 0 amide bonds. The molecular weight excluding hydrogens is 316 g/mol. The summed E-state index contributed by atoms with van der Waals surface area (Å²) in [5.74, 6) is 0.995. The number of piperazine rings is 1. The van der Waals surface area contributed by atoms with E-state index in [2.05, 4.69) is 44.8 Å². The van der Waals surface area contributed by atoms with Crippen molar-refractivity contribution in [1.29, 1.82) is 0 Å². The van der Waals surface area contributed by atoms with Gasteiger partial charge in [-0.15, -0.1) is 0 Å². The van der Waals surface area contributed by atoms with E-state index in [0.29, 0.717) is 6.04 Å². The highest BCUT2D eigenvalue weighted by Crippen LogP contribution is 2.29. The second kappa shape index (κ2) is 6.04. The highest BCUT2D eigenvalue weighted by atomic mass is 79.9. The monoisotopic (exact) mass is 338 g/mol. The standard InChI is InChI=1S/C16H23BrN2O/c1-12-9-18-7-3-4-15(18)11-19(12)10-13-8-14(17)5-6-16(13)20-2/h5-6,8,12,15H,3-4,7,9-11H2,1-2H3. The number of hydrogen-bond acceptors (Lipinski definition) is 3. The van der Waals surface area contributed by atoms with Crippen LogP contribution >= 0.6 is 15.9 Å². The van der Waals surface area contributed by atoms with E-state index < -0.39 is 0 Å². The smallest absolute Gasteiger partial charge is 0.123 e. The summed E-state index contributed by atoms with van der Waals surface area (Å²) in [6.07, 6.45) is 2.73. The third kappa shape index (κ3) is 2.87. The van der Waals surface area contributed by atoms with Gasteiger partial charge in [0.05, 0.1) is 7.11 Å². The molecule has 2 unspecified atom stereocenters. The van der Waals surface area contributed by atoms with Crippen molar-refractivity contribution in [2.75, 3.05) is 26.7 Å². The van der Waals surface area contributed by atoms with Gasteiger partial charge in [-0.25, -0.2) is 0 Å². The molecule has 2 fully saturated rings. The minimum atomic E-state index is 0.619.